The van der Waals surface area contributed by atoms with Crippen LogP contribution in [0.3, 0.4) is 0 Å². The second-order valence-electron chi connectivity index (χ2n) is 5.70. The number of carboxylic acid groups (broad SMARTS) is 1. The minimum absolute atomic E-state index is 0.288. The van der Waals surface area contributed by atoms with Crippen molar-refractivity contribution in [3.63, 3.8) is 0 Å². The molecule has 0 aromatic heterocycles. The SMILES string of the molecule is CC(C)CC(C)(O)CNCc1ccc(C(=O)O)cc1. The van der Waals surface area contributed by atoms with E-state index < -0.39 is 11.6 Å². The van der Waals surface area contributed by atoms with Gasteiger partial charge in [0.05, 0.1) is 11.2 Å². The molecule has 4 nitrogen and oxygen atoms in total. The van der Waals surface area contributed by atoms with E-state index in [2.05, 4.69) is 19.2 Å². The first-order valence-electron chi connectivity index (χ1n) is 6.55. The Morgan fingerprint density at radius 3 is 2.37 bits per heavy atom. The van der Waals surface area contributed by atoms with Crippen LogP contribution in [0.2, 0.25) is 0 Å². The Balaban J connectivity index is 2.42. The Labute approximate surface area is 114 Å². The number of carboxylic acids is 1. The summed E-state index contributed by atoms with van der Waals surface area (Å²) in [4.78, 5) is 10.7. The fourth-order valence-corrected chi connectivity index (χ4v) is 2.19. The van der Waals surface area contributed by atoms with Crippen LogP contribution in [0.1, 0.15) is 43.1 Å². The number of rotatable bonds is 7. The molecule has 1 atom stereocenters. The van der Waals surface area contributed by atoms with Gasteiger partial charge in [0.2, 0.25) is 0 Å². The van der Waals surface area contributed by atoms with Crippen LogP contribution >= 0.6 is 0 Å². The van der Waals surface area contributed by atoms with E-state index in [1.165, 1.54) is 0 Å². The molecule has 0 spiro atoms. The number of hydrogen-bond acceptors (Lipinski definition) is 3. The fraction of sp³-hybridized carbons (Fsp3) is 0.533. The lowest BCUT2D eigenvalue weighted by atomic mass is 9.94. The van der Waals surface area contributed by atoms with Crippen LogP contribution in [0, 0.1) is 5.92 Å². The van der Waals surface area contributed by atoms with Gasteiger partial charge in [-0.1, -0.05) is 26.0 Å². The Bertz CT molecular complexity index is 410. The molecule has 3 N–H and O–H groups in total. The maximum absolute atomic E-state index is 10.7. The molecule has 0 aliphatic rings. The van der Waals surface area contributed by atoms with Crippen LogP contribution in [0.25, 0.3) is 0 Å². The quantitative estimate of drug-likeness (QED) is 0.707. The van der Waals surface area contributed by atoms with Crippen molar-refractivity contribution in [3.8, 4) is 0 Å². The first kappa shape index (κ1) is 15.7. The van der Waals surface area contributed by atoms with Crippen molar-refractivity contribution in [2.75, 3.05) is 6.54 Å². The van der Waals surface area contributed by atoms with E-state index in [-0.39, 0.29) is 5.56 Å². The molecule has 19 heavy (non-hydrogen) atoms. The topological polar surface area (TPSA) is 69.6 Å². The number of carbonyl (C=O) groups is 1. The van der Waals surface area contributed by atoms with E-state index in [0.29, 0.717) is 19.0 Å². The Hall–Kier alpha value is -1.39. The molecule has 0 aliphatic heterocycles. The Morgan fingerprint density at radius 2 is 1.89 bits per heavy atom. The number of aliphatic hydroxyl groups is 1. The molecule has 106 valence electrons. The summed E-state index contributed by atoms with van der Waals surface area (Å²) in [6.07, 6.45) is 0.748. The van der Waals surface area contributed by atoms with Crippen LogP contribution in [0.15, 0.2) is 24.3 Å². The van der Waals surface area contributed by atoms with Crippen molar-refractivity contribution in [2.24, 2.45) is 5.92 Å². The molecule has 1 aromatic rings. The van der Waals surface area contributed by atoms with Gasteiger partial charge >= 0.3 is 5.97 Å². The molecule has 4 heteroatoms. The highest BCUT2D eigenvalue weighted by molar-refractivity contribution is 5.87. The van der Waals surface area contributed by atoms with Gasteiger partial charge in [0.25, 0.3) is 0 Å². The molecular weight excluding hydrogens is 242 g/mol. The van der Waals surface area contributed by atoms with E-state index in [1.54, 1.807) is 24.3 Å². The predicted octanol–water partition coefficient (Wildman–Crippen LogP) is 2.27. The molecule has 0 radical (unpaired) electrons. The highest BCUT2D eigenvalue weighted by Gasteiger charge is 2.20. The maximum atomic E-state index is 10.7. The summed E-state index contributed by atoms with van der Waals surface area (Å²) in [6, 6.07) is 6.75. The van der Waals surface area contributed by atoms with Gasteiger partial charge in [0.1, 0.15) is 0 Å². The molecule has 1 unspecified atom stereocenters. The van der Waals surface area contributed by atoms with E-state index in [4.69, 9.17) is 5.11 Å². The lowest BCUT2D eigenvalue weighted by Crippen LogP contribution is -2.38. The monoisotopic (exact) mass is 265 g/mol. The molecule has 1 aromatic carbocycles. The molecule has 0 aliphatic carbocycles. The summed E-state index contributed by atoms with van der Waals surface area (Å²) in [7, 11) is 0. The molecule has 0 fully saturated rings. The first-order chi connectivity index (χ1) is 8.80. The second-order valence-corrected chi connectivity index (χ2v) is 5.70. The average molecular weight is 265 g/mol. The van der Waals surface area contributed by atoms with Crippen molar-refractivity contribution in [3.05, 3.63) is 35.4 Å². The molecule has 0 saturated carbocycles. The van der Waals surface area contributed by atoms with E-state index in [1.807, 2.05) is 6.92 Å². The zero-order valence-electron chi connectivity index (χ0n) is 11.8. The molecule has 1 rings (SSSR count). The summed E-state index contributed by atoms with van der Waals surface area (Å²) < 4.78 is 0. The van der Waals surface area contributed by atoms with E-state index >= 15 is 0 Å². The number of nitrogens with one attached hydrogen (secondary N) is 1. The Morgan fingerprint density at radius 1 is 1.32 bits per heavy atom. The van der Waals surface area contributed by atoms with Crippen molar-refractivity contribution in [1.29, 1.82) is 0 Å². The largest absolute Gasteiger partial charge is 0.478 e. The summed E-state index contributed by atoms with van der Waals surface area (Å²) in [5, 5.41) is 22.1. The van der Waals surface area contributed by atoms with Crippen LogP contribution in [-0.2, 0) is 6.54 Å². The van der Waals surface area contributed by atoms with Crippen LogP contribution < -0.4 is 5.32 Å². The van der Waals surface area contributed by atoms with Crippen molar-refractivity contribution < 1.29 is 15.0 Å². The lowest BCUT2D eigenvalue weighted by molar-refractivity contribution is 0.0383. The van der Waals surface area contributed by atoms with Crippen LogP contribution in [0.5, 0.6) is 0 Å². The van der Waals surface area contributed by atoms with Gasteiger partial charge in [-0.25, -0.2) is 4.79 Å². The van der Waals surface area contributed by atoms with Gasteiger partial charge in [-0.3, -0.25) is 0 Å². The van der Waals surface area contributed by atoms with E-state index in [0.717, 1.165) is 12.0 Å². The normalized spacial score (nSPS) is 14.4. The highest BCUT2D eigenvalue weighted by Crippen LogP contribution is 2.15. The molecule has 0 amide bonds. The van der Waals surface area contributed by atoms with Crippen LogP contribution in [0.4, 0.5) is 0 Å². The lowest BCUT2D eigenvalue weighted by Gasteiger charge is -2.25. The Kier molecular flexibility index (Phi) is 5.51. The van der Waals surface area contributed by atoms with Gasteiger partial charge in [-0.05, 0) is 37.0 Å². The minimum Gasteiger partial charge on any atom is -0.478 e. The predicted molar refractivity (Wildman–Crippen MR) is 75.2 cm³/mol. The number of hydrogen-bond donors (Lipinski definition) is 3. The van der Waals surface area contributed by atoms with Gasteiger partial charge in [-0.2, -0.15) is 0 Å². The number of aromatic carboxylic acids is 1. The molecule has 0 bridgehead atoms. The summed E-state index contributed by atoms with van der Waals surface area (Å²) >= 11 is 0. The average Bonchev–Trinajstić information content (AvgIpc) is 2.27. The standard InChI is InChI=1S/C15H23NO3/c1-11(2)8-15(3,19)10-16-9-12-4-6-13(7-5-12)14(17)18/h4-7,11,16,19H,8-10H2,1-3H3,(H,17,18). The zero-order valence-corrected chi connectivity index (χ0v) is 11.8. The fourth-order valence-electron chi connectivity index (χ4n) is 2.19. The second kappa shape index (κ2) is 6.68. The third-order valence-electron chi connectivity index (χ3n) is 2.88. The van der Waals surface area contributed by atoms with Crippen molar-refractivity contribution >= 4 is 5.97 Å². The van der Waals surface area contributed by atoms with Crippen LogP contribution in [-0.4, -0.2) is 28.3 Å². The third-order valence-corrected chi connectivity index (χ3v) is 2.88. The molecular formula is C15H23NO3. The first-order valence-corrected chi connectivity index (χ1v) is 6.55. The smallest absolute Gasteiger partial charge is 0.335 e. The summed E-state index contributed by atoms with van der Waals surface area (Å²) in [5.74, 6) is -0.467. The van der Waals surface area contributed by atoms with Crippen molar-refractivity contribution in [2.45, 2.75) is 39.3 Å². The third kappa shape index (κ3) is 5.85. The zero-order chi connectivity index (χ0) is 14.5. The molecule has 0 heterocycles. The summed E-state index contributed by atoms with van der Waals surface area (Å²) in [6.45, 7) is 7.13. The van der Waals surface area contributed by atoms with E-state index in [9.17, 15) is 9.90 Å². The highest BCUT2D eigenvalue weighted by atomic mass is 16.4. The number of benzene rings is 1. The van der Waals surface area contributed by atoms with Crippen molar-refractivity contribution in [1.82, 2.24) is 5.32 Å². The van der Waals surface area contributed by atoms with Gasteiger partial charge < -0.3 is 15.5 Å². The van der Waals surface area contributed by atoms with Gasteiger partial charge in [0.15, 0.2) is 0 Å². The molecule has 0 saturated heterocycles. The maximum Gasteiger partial charge on any atom is 0.335 e. The van der Waals surface area contributed by atoms with Gasteiger partial charge in [-0.15, -0.1) is 0 Å². The van der Waals surface area contributed by atoms with Gasteiger partial charge in [0, 0.05) is 13.1 Å². The minimum atomic E-state index is -0.917. The summed E-state index contributed by atoms with van der Waals surface area (Å²) in [5.41, 5.74) is 0.579.